The van der Waals surface area contributed by atoms with E-state index in [1.807, 2.05) is 0 Å². The lowest BCUT2D eigenvalue weighted by molar-refractivity contribution is 0.153. The van der Waals surface area contributed by atoms with Crippen LogP contribution in [0.15, 0.2) is 18.2 Å². The minimum atomic E-state index is -0.771. The van der Waals surface area contributed by atoms with Crippen molar-refractivity contribution in [1.82, 2.24) is 0 Å². The molecule has 1 aromatic rings. The van der Waals surface area contributed by atoms with Gasteiger partial charge in [-0.05, 0) is 24.6 Å². The molecule has 0 fully saturated rings. The predicted octanol–water partition coefficient (Wildman–Crippen LogP) is 0.781. The average molecular weight is 197 g/mol. The van der Waals surface area contributed by atoms with Gasteiger partial charge in [-0.3, -0.25) is 0 Å². The second kappa shape index (κ2) is 4.30. The highest BCUT2D eigenvalue weighted by atomic mass is 16.5. The second-order valence-electron chi connectivity index (χ2n) is 3.24. The van der Waals surface area contributed by atoms with Crippen molar-refractivity contribution in [1.29, 1.82) is 0 Å². The Hall–Kier alpha value is -1.26. The van der Waals surface area contributed by atoms with Crippen LogP contribution in [-0.4, -0.2) is 23.4 Å². The fraction of sp³-hybridized carbons (Fsp3) is 0.400. The zero-order valence-electron chi connectivity index (χ0n) is 8.27. The standard InChI is InChI=1S/C10H15NO3/c1-6(11)10(13)7-3-4-9(14-2)8(12)5-7/h3-6,10,12-13H,11H2,1-2H3/t6-,10-/m1/s1. The maximum absolute atomic E-state index is 9.61. The molecule has 0 aliphatic rings. The van der Waals surface area contributed by atoms with E-state index in [4.69, 9.17) is 10.5 Å². The van der Waals surface area contributed by atoms with E-state index in [1.54, 1.807) is 19.1 Å². The third-order valence-electron chi connectivity index (χ3n) is 2.04. The monoisotopic (exact) mass is 197 g/mol. The molecule has 0 aliphatic heterocycles. The van der Waals surface area contributed by atoms with Crippen molar-refractivity contribution >= 4 is 0 Å². The smallest absolute Gasteiger partial charge is 0.160 e. The van der Waals surface area contributed by atoms with Crippen molar-refractivity contribution in [2.45, 2.75) is 19.1 Å². The van der Waals surface area contributed by atoms with E-state index in [0.717, 1.165) is 0 Å². The summed E-state index contributed by atoms with van der Waals surface area (Å²) >= 11 is 0. The first kappa shape index (κ1) is 10.8. The molecule has 0 bridgehead atoms. The number of ether oxygens (including phenoxy) is 1. The molecule has 1 aromatic carbocycles. The Kier molecular flexibility index (Phi) is 3.33. The van der Waals surface area contributed by atoms with Crippen LogP contribution in [0.5, 0.6) is 11.5 Å². The molecular weight excluding hydrogens is 182 g/mol. The molecule has 0 amide bonds. The summed E-state index contributed by atoms with van der Waals surface area (Å²) in [5, 5.41) is 19.1. The summed E-state index contributed by atoms with van der Waals surface area (Å²) in [6, 6.07) is 4.35. The lowest BCUT2D eigenvalue weighted by Gasteiger charge is -2.15. The highest BCUT2D eigenvalue weighted by Gasteiger charge is 2.14. The van der Waals surface area contributed by atoms with Gasteiger partial charge < -0.3 is 20.7 Å². The number of hydrogen-bond acceptors (Lipinski definition) is 4. The van der Waals surface area contributed by atoms with Crippen molar-refractivity contribution in [3.63, 3.8) is 0 Å². The Bertz CT molecular complexity index is 312. The SMILES string of the molecule is COc1ccc([C@H](O)[C@@H](C)N)cc1O. The number of nitrogens with two attached hydrogens (primary N) is 1. The van der Waals surface area contributed by atoms with Gasteiger partial charge in [0.25, 0.3) is 0 Å². The van der Waals surface area contributed by atoms with Crippen LogP contribution in [0.1, 0.15) is 18.6 Å². The summed E-state index contributed by atoms with van der Waals surface area (Å²) in [6.45, 7) is 1.70. The maximum Gasteiger partial charge on any atom is 0.160 e. The summed E-state index contributed by atoms with van der Waals surface area (Å²) in [7, 11) is 1.47. The fourth-order valence-corrected chi connectivity index (χ4v) is 1.19. The maximum atomic E-state index is 9.61. The van der Waals surface area contributed by atoms with Crippen LogP contribution in [-0.2, 0) is 0 Å². The Labute approximate surface area is 82.9 Å². The number of phenols is 1. The van der Waals surface area contributed by atoms with E-state index in [9.17, 15) is 10.2 Å². The van der Waals surface area contributed by atoms with Gasteiger partial charge in [0.15, 0.2) is 11.5 Å². The highest BCUT2D eigenvalue weighted by Crippen LogP contribution is 2.29. The van der Waals surface area contributed by atoms with Crippen LogP contribution in [0, 0.1) is 0 Å². The van der Waals surface area contributed by atoms with Crippen molar-refractivity contribution < 1.29 is 14.9 Å². The number of aliphatic hydroxyl groups is 1. The predicted molar refractivity (Wildman–Crippen MR) is 53.3 cm³/mol. The summed E-state index contributed by atoms with van der Waals surface area (Å²) < 4.78 is 4.88. The van der Waals surface area contributed by atoms with Crippen molar-refractivity contribution in [3.8, 4) is 11.5 Å². The van der Waals surface area contributed by atoms with Gasteiger partial charge in [-0.1, -0.05) is 6.07 Å². The number of aromatic hydroxyl groups is 1. The molecule has 0 unspecified atom stereocenters. The summed E-state index contributed by atoms with van der Waals surface area (Å²) in [5.41, 5.74) is 6.11. The van der Waals surface area contributed by atoms with E-state index in [1.165, 1.54) is 13.2 Å². The number of aliphatic hydroxyl groups excluding tert-OH is 1. The molecule has 0 heterocycles. The van der Waals surface area contributed by atoms with E-state index in [2.05, 4.69) is 0 Å². The third-order valence-corrected chi connectivity index (χ3v) is 2.04. The second-order valence-corrected chi connectivity index (χ2v) is 3.24. The van der Waals surface area contributed by atoms with Gasteiger partial charge in [-0.15, -0.1) is 0 Å². The molecule has 2 atom stereocenters. The number of phenolic OH excluding ortho intramolecular Hbond substituents is 1. The first-order valence-corrected chi connectivity index (χ1v) is 4.36. The van der Waals surface area contributed by atoms with Crippen LogP contribution in [0.3, 0.4) is 0 Å². The Morgan fingerprint density at radius 3 is 2.50 bits per heavy atom. The van der Waals surface area contributed by atoms with Crippen LogP contribution in [0.2, 0.25) is 0 Å². The Morgan fingerprint density at radius 2 is 2.07 bits per heavy atom. The molecule has 0 saturated heterocycles. The van der Waals surface area contributed by atoms with Gasteiger partial charge in [-0.2, -0.15) is 0 Å². The first-order chi connectivity index (χ1) is 6.56. The van der Waals surface area contributed by atoms with Gasteiger partial charge in [0.2, 0.25) is 0 Å². The Balaban J connectivity index is 2.96. The molecular formula is C10H15NO3. The fourth-order valence-electron chi connectivity index (χ4n) is 1.19. The zero-order chi connectivity index (χ0) is 10.7. The normalized spacial score (nSPS) is 14.9. The topological polar surface area (TPSA) is 75.7 Å². The molecule has 0 aromatic heterocycles. The van der Waals surface area contributed by atoms with E-state index >= 15 is 0 Å². The number of methoxy groups -OCH3 is 1. The zero-order valence-corrected chi connectivity index (χ0v) is 8.27. The number of hydrogen-bond donors (Lipinski definition) is 3. The third kappa shape index (κ3) is 2.16. The van der Waals surface area contributed by atoms with E-state index in [-0.39, 0.29) is 11.8 Å². The Morgan fingerprint density at radius 1 is 1.43 bits per heavy atom. The minimum absolute atomic E-state index is 0.00435. The molecule has 0 aliphatic carbocycles. The van der Waals surface area contributed by atoms with E-state index < -0.39 is 6.10 Å². The lowest BCUT2D eigenvalue weighted by Crippen LogP contribution is -2.24. The molecule has 14 heavy (non-hydrogen) atoms. The average Bonchev–Trinajstić information content (AvgIpc) is 2.16. The molecule has 78 valence electrons. The highest BCUT2D eigenvalue weighted by molar-refractivity contribution is 5.42. The number of rotatable bonds is 3. The van der Waals surface area contributed by atoms with Gasteiger partial charge in [0, 0.05) is 6.04 Å². The summed E-state index contributed by atoms with van der Waals surface area (Å²) in [6.07, 6.45) is -0.771. The van der Waals surface area contributed by atoms with Gasteiger partial charge >= 0.3 is 0 Å². The van der Waals surface area contributed by atoms with Crippen LogP contribution >= 0.6 is 0 Å². The lowest BCUT2D eigenvalue weighted by atomic mass is 10.0. The molecule has 0 saturated carbocycles. The number of benzene rings is 1. The van der Waals surface area contributed by atoms with Gasteiger partial charge in [-0.25, -0.2) is 0 Å². The molecule has 4 heteroatoms. The molecule has 1 rings (SSSR count). The summed E-state index contributed by atoms with van der Waals surface area (Å²) in [4.78, 5) is 0. The van der Waals surface area contributed by atoms with E-state index in [0.29, 0.717) is 11.3 Å². The molecule has 0 radical (unpaired) electrons. The molecule has 0 spiro atoms. The van der Waals surface area contributed by atoms with Crippen molar-refractivity contribution in [2.75, 3.05) is 7.11 Å². The minimum Gasteiger partial charge on any atom is -0.504 e. The van der Waals surface area contributed by atoms with Gasteiger partial charge in [0.1, 0.15) is 0 Å². The van der Waals surface area contributed by atoms with Crippen LogP contribution in [0.25, 0.3) is 0 Å². The van der Waals surface area contributed by atoms with Crippen LogP contribution < -0.4 is 10.5 Å². The van der Waals surface area contributed by atoms with Crippen LogP contribution in [0.4, 0.5) is 0 Å². The largest absolute Gasteiger partial charge is 0.504 e. The molecule has 4 nitrogen and oxygen atoms in total. The van der Waals surface area contributed by atoms with Crippen molar-refractivity contribution in [2.24, 2.45) is 5.73 Å². The molecule has 4 N–H and O–H groups in total. The summed E-state index contributed by atoms with van der Waals surface area (Å²) in [5.74, 6) is 0.385. The van der Waals surface area contributed by atoms with Crippen molar-refractivity contribution in [3.05, 3.63) is 23.8 Å². The first-order valence-electron chi connectivity index (χ1n) is 4.36. The van der Waals surface area contributed by atoms with Gasteiger partial charge in [0.05, 0.1) is 13.2 Å². The quantitative estimate of drug-likeness (QED) is 0.669.